The van der Waals surface area contributed by atoms with Gasteiger partial charge < -0.3 is 4.98 Å². The number of halogens is 1. The molecule has 0 atom stereocenters. The third kappa shape index (κ3) is 0.914. The Balaban J connectivity index is 2.63. The molecule has 0 radical (unpaired) electrons. The summed E-state index contributed by atoms with van der Waals surface area (Å²) in [5, 5.41) is 1.45. The summed E-state index contributed by atoms with van der Waals surface area (Å²) >= 11 is 5.93. The van der Waals surface area contributed by atoms with Gasteiger partial charge in [-0.1, -0.05) is 11.6 Å². The molecule has 3 heterocycles. The highest BCUT2D eigenvalue weighted by Gasteiger charge is 2.07. The lowest BCUT2D eigenvalue weighted by Gasteiger charge is -1.89. The van der Waals surface area contributed by atoms with Gasteiger partial charge in [-0.2, -0.15) is 0 Å². The fourth-order valence-electron chi connectivity index (χ4n) is 1.51. The van der Waals surface area contributed by atoms with Gasteiger partial charge in [-0.25, -0.2) is 9.97 Å². The molecule has 3 aromatic heterocycles. The van der Waals surface area contributed by atoms with Crippen LogP contribution in [0.5, 0.6) is 0 Å². The average molecular weight is 205 g/mol. The molecule has 1 N–H and O–H groups in total. The summed E-state index contributed by atoms with van der Waals surface area (Å²) < 4.78 is 0. The largest absolute Gasteiger partial charge is 0.349 e. The first-order valence-corrected chi connectivity index (χ1v) is 4.46. The van der Waals surface area contributed by atoms with Crippen LogP contribution in [-0.2, 0) is 0 Å². The number of hydrogen-bond donors (Lipinski definition) is 1. The Morgan fingerprint density at radius 1 is 1.29 bits per heavy atom. The van der Waals surface area contributed by atoms with E-state index < -0.39 is 0 Å². The summed E-state index contributed by atoms with van der Waals surface area (Å²) in [7, 11) is 0. The van der Waals surface area contributed by atoms with Crippen molar-refractivity contribution in [3.05, 3.63) is 29.9 Å². The maximum absolute atomic E-state index is 5.93. The summed E-state index contributed by atoms with van der Waals surface area (Å²) in [6.45, 7) is 0. The molecule has 5 heteroatoms. The molecule has 0 saturated heterocycles. The Morgan fingerprint density at radius 3 is 3.14 bits per heavy atom. The zero-order valence-corrected chi connectivity index (χ0v) is 7.78. The lowest BCUT2D eigenvalue weighted by Crippen LogP contribution is -1.79. The number of nitrogens with one attached hydrogen (secondary N) is 1. The molecule has 3 rings (SSSR count). The molecular weight excluding hydrogens is 200 g/mol. The lowest BCUT2D eigenvalue weighted by molar-refractivity contribution is 1.22. The van der Waals surface area contributed by atoms with Gasteiger partial charge in [-0.05, 0) is 6.07 Å². The molecule has 0 aliphatic rings. The number of hydrogen-bond acceptors (Lipinski definition) is 3. The number of pyridine rings is 1. The van der Waals surface area contributed by atoms with Crippen molar-refractivity contribution in [2.45, 2.75) is 0 Å². The van der Waals surface area contributed by atoms with Gasteiger partial charge in [0.1, 0.15) is 17.4 Å². The molecule has 4 nitrogen and oxygen atoms in total. The summed E-state index contributed by atoms with van der Waals surface area (Å²) in [5.74, 6) is 0. The molecule has 0 spiro atoms. The topological polar surface area (TPSA) is 54.5 Å². The van der Waals surface area contributed by atoms with Crippen LogP contribution in [0.2, 0.25) is 5.15 Å². The van der Waals surface area contributed by atoms with E-state index in [0.29, 0.717) is 5.15 Å². The van der Waals surface area contributed by atoms with Crippen molar-refractivity contribution in [3.8, 4) is 0 Å². The van der Waals surface area contributed by atoms with Gasteiger partial charge in [0.25, 0.3) is 0 Å². The van der Waals surface area contributed by atoms with Crippen LogP contribution in [0.25, 0.3) is 21.9 Å². The molecule has 0 saturated carbocycles. The summed E-state index contributed by atoms with van der Waals surface area (Å²) in [6.07, 6.45) is 4.93. The van der Waals surface area contributed by atoms with Crippen LogP contribution in [0.3, 0.4) is 0 Å². The molecule has 0 bridgehead atoms. The molecule has 0 aromatic carbocycles. The Hall–Kier alpha value is -1.68. The van der Waals surface area contributed by atoms with Crippen molar-refractivity contribution in [2.75, 3.05) is 0 Å². The second-order valence-corrected chi connectivity index (χ2v) is 3.29. The van der Waals surface area contributed by atoms with Crippen molar-refractivity contribution in [2.24, 2.45) is 0 Å². The first-order valence-electron chi connectivity index (χ1n) is 4.08. The van der Waals surface area contributed by atoms with E-state index in [-0.39, 0.29) is 0 Å². The van der Waals surface area contributed by atoms with E-state index in [1.54, 1.807) is 12.4 Å². The van der Waals surface area contributed by atoms with Crippen LogP contribution in [-0.4, -0.2) is 19.9 Å². The van der Waals surface area contributed by atoms with E-state index in [0.717, 1.165) is 21.9 Å². The fraction of sp³-hybridized carbons (Fsp3) is 0. The SMILES string of the molecule is Clc1ncnc2c1[nH]c1cnccc12. The molecule has 0 fully saturated rings. The minimum Gasteiger partial charge on any atom is -0.349 e. The van der Waals surface area contributed by atoms with E-state index in [4.69, 9.17) is 11.6 Å². The quantitative estimate of drug-likeness (QED) is 0.571. The Labute approximate surface area is 84.0 Å². The minimum atomic E-state index is 0.436. The maximum Gasteiger partial charge on any atom is 0.156 e. The molecule has 68 valence electrons. The second kappa shape index (κ2) is 2.65. The highest BCUT2D eigenvalue weighted by Crippen LogP contribution is 2.25. The van der Waals surface area contributed by atoms with Crippen molar-refractivity contribution < 1.29 is 0 Å². The van der Waals surface area contributed by atoms with E-state index in [1.807, 2.05) is 6.07 Å². The molecular formula is C9H5ClN4. The van der Waals surface area contributed by atoms with Crippen molar-refractivity contribution in [3.63, 3.8) is 0 Å². The molecule has 0 aliphatic carbocycles. The zero-order chi connectivity index (χ0) is 9.54. The third-order valence-electron chi connectivity index (χ3n) is 2.14. The van der Waals surface area contributed by atoms with Crippen LogP contribution in [0.1, 0.15) is 0 Å². The fourth-order valence-corrected chi connectivity index (χ4v) is 1.69. The highest BCUT2D eigenvalue weighted by atomic mass is 35.5. The predicted molar refractivity (Wildman–Crippen MR) is 54.2 cm³/mol. The summed E-state index contributed by atoms with van der Waals surface area (Å²) in [4.78, 5) is 15.2. The first-order chi connectivity index (χ1) is 6.86. The van der Waals surface area contributed by atoms with E-state index in [1.165, 1.54) is 6.33 Å². The van der Waals surface area contributed by atoms with Gasteiger partial charge in [0.05, 0.1) is 11.7 Å². The predicted octanol–water partition coefficient (Wildman–Crippen LogP) is 2.16. The van der Waals surface area contributed by atoms with Gasteiger partial charge in [-0.15, -0.1) is 0 Å². The molecule has 0 aliphatic heterocycles. The molecule has 3 aromatic rings. The normalized spacial score (nSPS) is 11.2. The monoisotopic (exact) mass is 204 g/mol. The van der Waals surface area contributed by atoms with E-state index in [2.05, 4.69) is 19.9 Å². The Morgan fingerprint density at radius 2 is 2.21 bits per heavy atom. The van der Waals surface area contributed by atoms with Gasteiger partial charge in [-0.3, -0.25) is 4.98 Å². The number of aromatic amines is 1. The zero-order valence-electron chi connectivity index (χ0n) is 7.03. The van der Waals surface area contributed by atoms with Crippen LogP contribution in [0.15, 0.2) is 24.8 Å². The van der Waals surface area contributed by atoms with Crippen molar-refractivity contribution >= 4 is 33.5 Å². The molecule has 14 heavy (non-hydrogen) atoms. The van der Waals surface area contributed by atoms with Crippen LogP contribution >= 0.6 is 11.6 Å². The molecule has 0 amide bonds. The van der Waals surface area contributed by atoms with Crippen LogP contribution in [0, 0.1) is 0 Å². The average Bonchev–Trinajstić information content (AvgIpc) is 2.59. The number of rotatable bonds is 0. The van der Waals surface area contributed by atoms with E-state index >= 15 is 0 Å². The summed E-state index contributed by atoms with van der Waals surface area (Å²) in [5.41, 5.74) is 2.52. The van der Waals surface area contributed by atoms with Crippen LogP contribution in [0.4, 0.5) is 0 Å². The summed E-state index contributed by atoms with van der Waals surface area (Å²) in [6, 6.07) is 1.90. The number of nitrogens with zero attached hydrogens (tertiary/aromatic N) is 3. The number of fused-ring (bicyclic) bond motifs is 3. The second-order valence-electron chi connectivity index (χ2n) is 2.93. The van der Waals surface area contributed by atoms with Gasteiger partial charge in [0.2, 0.25) is 0 Å². The standard InChI is InChI=1S/C9H5ClN4/c10-9-8-7(12-4-13-9)5-1-2-11-3-6(5)14-8/h1-4,14H. The van der Waals surface area contributed by atoms with E-state index in [9.17, 15) is 0 Å². The van der Waals surface area contributed by atoms with Crippen molar-refractivity contribution in [1.29, 1.82) is 0 Å². The maximum atomic E-state index is 5.93. The number of H-pyrrole nitrogens is 1. The van der Waals surface area contributed by atoms with Gasteiger partial charge in [0.15, 0.2) is 5.15 Å². The highest BCUT2D eigenvalue weighted by molar-refractivity contribution is 6.34. The molecule has 0 unspecified atom stereocenters. The van der Waals surface area contributed by atoms with Crippen LogP contribution < -0.4 is 0 Å². The number of aromatic nitrogens is 4. The van der Waals surface area contributed by atoms with Gasteiger partial charge >= 0.3 is 0 Å². The lowest BCUT2D eigenvalue weighted by atomic mass is 10.3. The Bertz CT molecular complexity index is 616. The smallest absolute Gasteiger partial charge is 0.156 e. The third-order valence-corrected chi connectivity index (χ3v) is 2.42. The first kappa shape index (κ1) is 7.70. The minimum absolute atomic E-state index is 0.436. The van der Waals surface area contributed by atoms with Crippen molar-refractivity contribution in [1.82, 2.24) is 19.9 Å². The Kier molecular flexibility index (Phi) is 1.46. The van der Waals surface area contributed by atoms with Gasteiger partial charge in [0, 0.05) is 11.6 Å².